The molecule has 0 radical (unpaired) electrons. The number of benzene rings is 1. The maximum absolute atomic E-state index is 12.7. The lowest BCUT2D eigenvalue weighted by atomic mass is 10.0. The highest BCUT2D eigenvalue weighted by Gasteiger charge is 2.58. The fourth-order valence-corrected chi connectivity index (χ4v) is 5.07. The van der Waals surface area contributed by atoms with E-state index in [0.29, 0.717) is 11.3 Å². The number of esters is 1. The molecule has 0 saturated carbocycles. The molecule has 1 aromatic carbocycles. The summed E-state index contributed by atoms with van der Waals surface area (Å²) in [5, 5.41) is 2.01. The van der Waals surface area contributed by atoms with E-state index in [9.17, 15) is 18.0 Å². The van der Waals surface area contributed by atoms with Crippen LogP contribution in [-0.2, 0) is 30.8 Å². The largest absolute Gasteiger partial charge is 0.497 e. The molecule has 1 aromatic rings. The van der Waals surface area contributed by atoms with Gasteiger partial charge in [-0.15, -0.1) is 0 Å². The number of azide groups is 1. The van der Waals surface area contributed by atoms with Crippen LogP contribution in [0.1, 0.15) is 5.56 Å². The summed E-state index contributed by atoms with van der Waals surface area (Å²) in [4.78, 5) is 28.2. The first-order valence-corrected chi connectivity index (χ1v) is 9.85. The predicted molar refractivity (Wildman–Crippen MR) is 96.2 cm³/mol. The van der Waals surface area contributed by atoms with Crippen molar-refractivity contribution in [2.75, 3.05) is 19.4 Å². The molecule has 148 valence electrons. The van der Waals surface area contributed by atoms with Crippen molar-refractivity contribution in [3.05, 3.63) is 51.5 Å². The van der Waals surface area contributed by atoms with Crippen LogP contribution in [0.25, 0.3) is 10.4 Å². The lowest BCUT2D eigenvalue weighted by Gasteiger charge is -2.47. The number of amides is 1. The van der Waals surface area contributed by atoms with Gasteiger partial charge in [0, 0.05) is 4.91 Å². The zero-order valence-corrected chi connectivity index (χ0v) is 15.6. The van der Waals surface area contributed by atoms with Crippen LogP contribution in [0.15, 0.2) is 40.6 Å². The third kappa shape index (κ3) is 3.40. The summed E-state index contributed by atoms with van der Waals surface area (Å²) in [7, 11) is -2.29. The Labute approximate surface area is 160 Å². The third-order valence-corrected chi connectivity index (χ3v) is 6.44. The number of rotatable bonds is 6. The number of ether oxygens (including phenoxy) is 2. The van der Waals surface area contributed by atoms with Gasteiger partial charge in [-0.3, -0.25) is 9.69 Å². The first-order chi connectivity index (χ1) is 13.3. The highest BCUT2D eigenvalue weighted by molar-refractivity contribution is 7.92. The van der Waals surface area contributed by atoms with E-state index < -0.39 is 38.9 Å². The van der Waals surface area contributed by atoms with E-state index in [0.717, 1.165) is 4.90 Å². The van der Waals surface area contributed by atoms with E-state index >= 15 is 0 Å². The first kappa shape index (κ1) is 19.7. The van der Waals surface area contributed by atoms with Crippen molar-refractivity contribution < 1.29 is 27.5 Å². The quantitative estimate of drug-likeness (QED) is 0.232. The van der Waals surface area contributed by atoms with E-state index in [1.807, 2.05) is 0 Å². The van der Waals surface area contributed by atoms with Gasteiger partial charge in [0.1, 0.15) is 24.1 Å². The van der Waals surface area contributed by atoms with Crippen molar-refractivity contribution in [2.24, 2.45) is 10.8 Å². The Morgan fingerprint density at radius 3 is 2.68 bits per heavy atom. The van der Waals surface area contributed by atoms with Crippen LogP contribution in [0, 0.1) is 0 Å². The van der Waals surface area contributed by atoms with Gasteiger partial charge in [-0.05, 0) is 28.8 Å². The van der Waals surface area contributed by atoms with Gasteiger partial charge in [0.05, 0.1) is 19.4 Å². The Hall–Kier alpha value is -3.08. The molecule has 2 heterocycles. The Bertz CT molecular complexity index is 997. The van der Waals surface area contributed by atoms with Crippen LogP contribution < -0.4 is 10.5 Å². The average Bonchev–Trinajstić information content (AvgIpc) is 2.69. The molecule has 3 rings (SSSR count). The van der Waals surface area contributed by atoms with Gasteiger partial charge in [0.25, 0.3) is 0 Å². The highest BCUT2D eigenvalue weighted by atomic mass is 32.2. The SMILES string of the molecule is COc1ccc(COC(=O)C2=C(CN=[N+]=[N-])CS(=O)(=O)[C@@H]3[C@H](N)C(=O)N23)cc1. The number of carbonyl (C=O) groups is 2. The van der Waals surface area contributed by atoms with Gasteiger partial charge in [-0.1, -0.05) is 17.2 Å². The van der Waals surface area contributed by atoms with Crippen LogP contribution >= 0.6 is 0 Å². The fourth-order valence-electron chi connectivity index (χ4n) is 3.09. The van der Waals surface area contributed by atoms with Gasteiger partial charge in [-0.2, -0.15) is 0 Å². The van der Waals surface area contributed by atoms with Crippen LogP contribution in [0.4, 0.5) is 0 Å². The molecule has 0 unspecified atom stereocenters. The molecule has 2 aliphatic rings. The molecule has 0 aromatic heterocycles. The maximum atomic E-state index is 12.7. The molecule has 12 heteroatoms. The summed E-state index contributed by atoms with van der Waals surface area (Å²) in [5.74, 6) is -1.50. The molecule has 11 nitrogen and oxygen atoms in total. The molecular formula is C16H17N5O6S. The molecular weight excluding hydrogens is 390 g/mol. The molecule has 2 N–H and O–H groups in total. The van der Waals surface area contributed by atoms with E-state index in [4.69, 9.17) is 20.7 Å². The van der Waals surface area contributed by atoms with E-state index in [2.05, 4.69) is 10.0 Å². The van der Waals surface area contributed by atoms with Crippen molar-refractivity contribution in [3.63, 3.8) is 0 Å². The number of hydrogen-bond donors (Lipinski definition) is 1. The standard InChI is InChI=1S/C16H17N5O6S/c1-26-11-4-2-9(3-5-11)7-27-16(23)13-10(6-19-20-18)8-28(24,25)15-12(17)14(22)21(13)15/h2-5,12,15H,6-8,17H2,1H3/t12-,15-/m1/s1. The summed E-state index contributed by atoms with van der Waals surface area (Å²) in [6.07, 6.45) is 0. The Morgan fingerprint density at radius 1 is 1.39 bits per heavy atom. The van der Waals surface area contributed by atoms with Crippen molar-refractivity contribution in [1.29, 1.82) is 0 Å². The van der Waals surface area contributed by atoms with Crippen LogP contribution in [0.3, 0.4) is 0 Å². The topological polar surface area (TPSA) is 165 Å². The second kappa shape index (κ2) is 7.50. The minimum atomic E-state index is -3.81. The van der Waals surface area contributed by atoms with Crippen molar-refractivity contribution in [1.82, 2.24) is 4.90 Å². The molecule has 0 spiro atoms. The predicted octanol–water partition coefficient (Wildman–Crippen LogP) is 0.227. The number of carbonyl (C=O) groups excluding carboxylic acids is 2. The molecule has 1 amide bonds. The molecule has 28 heavy (non-hydrogen) atoms. The lowest BCUT2D eigenvalue weighted by Crippen LogP contribution is -2.73. The number of nitrogens with two attached hydrogens (primary N) is 1. The molecule has 2 aliphatic heterocycles. The summed E-state index contributed by atoms with van der Waals surface area (Å²) in [5.41, 5.74) is 14.6. The minimum absolute atomic E-state index is 0.00553. The monoisotopic (exact) mass is 407 g/mol. The van der Waals surface area contributed by atoms with E-state index in [1.54, 1.807) is 24.3 Å². The van der Waals surface area contributed by atoms with Gasteiger partial charge in [0.2, 0.25) is 5.91 Å². The summed E-state index contributed by atoms with van der Waals surface area (Å²) in [6, 6.07) is 5.53. The Kier molecular flexibility index (Phi) is 5.27. The maximum Gasteiger partial charge on any atom is 0.355 e. The second-order valence-corrected chi connectivity index (χ2v) is 8.29. The zero-order valence-electron chi connectivity index (χ0n) is 14.8. The van der Waals surface area contributed by atoms with Crippen LogP contribution in [-0.4, -0.2) is 56.0 Å². The average molecular weight is 407 g/mol. The van der Waals surface area contributed by atoms with Crippen molar-refractivity contribution in [3.8, 4) is 5.75 Å². The second-order valence-electron chi connectivity index (χ2n) is 6.20. The Morgan fingerprint density at radius 2 is 2.07 bits per heavy atom. The van der Waals surface area contributed by atoms with E-state index in [1.165, 1.54) is 7.11 Å². The molecule has 0 bridgehead atoms. The lowest BCUT2D eigenvalue weighted by molar-refractivity contribution is -0.151. The number of fused-ring (bicyclic) bond motifs is 1. The Balaban J connectivity index is 1.87. The molecule has 1 fully saturated rings. The van der Waals surface area contributed by atoms with Gasteiger partial charge in [-0.25, -0.2) is 13.2 Å². The smallest absolute Gasteiger partial charge is 0.355 e. The first-order valence-electron chi connectivity index (χ1n) is 8.13. The summed E-state index contributed by atoms with van der Waals surface area (Å²) in [6.45, 7) is -0.485. The fraction of sp³-hybridized carbons (Fsp3) is 0.375. The van der Waals surface area contributed by atoms with Gasteiger partial charge >= 0.3 is 5.97 Å². The molecule has 0 aliphatic carbocycles. The van der Waals surface area contributed by atoms with Crippen LogP contribution in [0.5, 0.6) is 5.75 Å². The number of sulfone groups is 1. The third-order valence-electron chi connectivity index (χ3n) is 4.45. The molecule has 1 saturated heterocycles. The number of nitrogens with zero attached hydrogens (tertiary/aromatic N) is 4. The number of methoxy groups -OCH3 is 1. The normalized spacial score (nSPS) is 22.6. The zero-order chi connectivity index (χ0) is 20.5. The van der Waals surface area contributed by atoms with Gasteiger partial charge in [0.15, 0.2) is 15.2 Å². The van der Waals surface area contributed by atoms with Crippen molar-refractivity contribution in [2.45, 2.75) is 18.0 Å². The summed E-state index contributed by atoms with van der Waals surface area (Å²) < 4.78 is 35.1. The van der Waals surface area contributed by atoms with E-state index in [-0.39, 0.29) is 24.4 Å². The number of hydrogen-bond acceptors (Lipinski definition) is 8. The number of β-lactam (4-membered cyclic amide) rings is 1. The molecule has 2 atom stereocenters. The van der Waals surface area contributed by atoms with Crippen molar-refractivity contribution >= 4 is 21.7 Å². The van der Waals surface area contributed by atoms with Crippen LogP contribution in [0.2, 0.25) is 0 Å². The summed E-state index contributed by atoms with van der Waals surface area (Å²) >= 11 is 0. The highest BCUT2D eigenvalue weighted by Crippen LogP contribution is 2.36. The van der Waals surface area contributed by atoms with Gasteiger partial charge < -0.3 is 15.2 Å². The minimum Gasteiger partial charge on any atom is -0.497 e.